The van der Waals surface area contributed by atoms with Gasteiger partial charge in [-0.2, -0.15) is 0 Å². The second kappa shape index (κ2) is 64.6. The van der Waals surface area contributed by atoms with E-state index in [0.717, 1.165) is 77.0 Å². The fraction of sp³-hybridized carbons (Fsp3) is 0.909. The first kappa shape index (κ1) is 82.1. The van der Waals surface area contributed by atoms with Gasteiger partial charge in [0.2, 0.25) is 11.9 Å². The third-order valence-electron chi connectivity index (χ3n) is 18.1. The molecule has 10 heteroatoms. The van der Waals surface area contributed by atoms with E-state index in [2.05, 4.69) is 27.7 Å². The molecule has 0 N–H and O–H groups in total. The Kier molecular flexibility index (Phi) is 61.0. The zero-order chi connectivity index (χ0) is 63.0. The highest BCUT2D eigenvalue weighted by molar-refractivity contribution is 5.93. The van der Waals surface area contributed by atoms with E-state index in [0.29, 0.717) is 25.7 Å². The van der Waals surface area contributed by atoms with Gasteiger partial charge in [-0.25, -0.2) is 4.79 Å². The Balaban J connectivity index is 2.94. The molecule has 10 nitrogen and oxygen atoms in total. The Labute approximate surface area is 537 Å². The highest BCUT2D eigenvalue weighted by Crippen LogP contribution is 2.31. The summed E-state index contributed by atoms with van der Waals surface area (Å²) < 4.78 is 29.3. The average Bonchev–Trinajstić information content (AvgIpc) is 2.12. The van der Waals surface area contributed by atoms with Crippen molar-refractivity contribution >= 4 is 29.8 Å². The molecule has 0 fully saturated rings. The quantitative estimate of drug-likeness (QED) is 0.0329. The predicted molar refractivity (Wildman–Crippen MR) is 363 cm³/mol. The van der Waals surface area contributed by atoms with Crippen LogP contribution in [0.1, 0.15) is 432 Å². The van der Waals surface area contributed by atoms with Gasteiger partial charge < -0.3 is 23.7 Å². The van der Waals surface area contributed by atoms with Gasteiger partial charge in [0.1, 0.15) is 6.61 Å². The highest BCUT2D eigenvalue weighted by atomic mass is 16.7. The molecule has 0 aromatic heterocycles. The van der Waals surface area contributed by atoms with Crippen LogP contribution in [-0.4, -0.2) is 48.7 Å². The topological polar surface area (TPSA) is 132 Å². The van der Waals surface area contributed by atoms with Gasteiger partial charge in [-0.1, -0.05) is 381 Å². The van der Waals surface area contributed by atoms with Crippen LogP contribution in [0.3, 0.4) is 0 Å². The molecule has 1 rings (SSSR count). The maximum Gasteiger partial charge on any atom is 0.379 e. The molecular weight excluding hydrogens is 1080 g/mol. The monoisotopic (exact) mass is 1230 g/mol. The van der Waals surface area contributed by atoms with Crippen LogP contribution < -0.4 is 0 Å². The second-order valence-corrected chi connectivity index (χ2v) is 26.6. The van der Waals surface area contributed by atoms with E-state index in [-0.39, 0.29) is 31.4 Å². The Morgan fingerprint density at radius 3 is 0.782 bits per heavy atom. The van der Waals surface area contributed by atoms with Gasteiger partial charge >= 0.3 is 29.8 Å². The van der Waals surface area contributed by atoms with Crippen LogP contribution in [0.15, 0.2) is 11.5 Å². The van der Waals surface area contributed by atoms with Crippen LogP contribution in [0.5, 0.6) is 0 Å². The Morgan fingerprint density at radius 2 is 0.517 bits per heavy atom. The molecule has 0 saturated heterocycles. The van der Waals surface area contributed by atoms with Crippen molar-refractivity contribution < 1.29 is 47.7 Å². The molecule has 510 valence electrons. The van der Waals surface area contributed by atoms with Crippen LogP contribution in [-0.2, 0) is 47.7 Å². The van der Waals surface area contributed by atoms with Crippen LogP contribution in [0, 0.1) is 0 Å². The second-order valence-electron chi connectivity index (χ2n) is 26.6. The minimum atomic E-state index is -1.44. The fourth-order valence-electron chi connectivity index (χ4n) is 12.3. The van der Waals surface area contributed by atoms with Crippen LogP contribution in [0.2, 0.25) is 0 Å². The number of cyclic esters (lactones) is 1. The minimum Gasteiger partial charge on any atom is -0.462 e. The Hall–Kier alpha value is -2.91. The van der Waals surface area contributed by atoms with Gasteiger partial charge in [-0.05, 0) is 25.7 Å². The Morgan fingerprint density at radius 1 is 0.299 bits per heavy atom. The number of hydrogen-bond donors (Lipinski definition) is 0. The zero-order valence-corrected chi connectivity index (χ0v) is 58.0. The van der Waals surface area contributed by atoms with Gasteiger partial charge in [0.25, 0.3) is 5.76 Å². The van der Waals surface area contributed by atoms with Crippen molar-refractivity contribution in [1.82, 2.24) is 0 Å². The minimum absolute atomic E-state index is 0.0918. The molecule has 0 aromatic rings. The van der Waals surface area contributed by atoms with Crippen LogP contribution in [0.25, 0.3) is 0 Å². The van der Waals surface area contributed by atoms with E-state index in [4.69, 9.17) is 23.7 Å². The summed E-state index contributed by atoms with van der Waals surface area (Å²) in [5, 5.41) is 0. The summed E-state index contributed by atoms with van der Waals surface area (Å²) in [7, 11) is 0. The molecule has 0 bridgehead atoms. The fourth-order valence-corrected chi connectivity index (χ4v) is 12.3. The maximum absolute atomic E-state index is 13.8. The number of hydrogen-bond acceptors (Lipinski definition) is 10. The first-order valence-electron chi connectivity index (χ1n) is 38.5. The molecular formula is C77H142O10. The van der Waals surface area contributed by atoms with Crippen molar-refractivity contribution in [3.05, 3.63) is 11.5 Å². The molecule has 1 heterocycles. The standard InChI is InChI=1S/C77H142O10/c1-5-9-13-17-21-25-29-33-37-41-44-48-52-56-60-64-70(78)83-68-69(84-71(79)65-61-57-53-49-45-42-38-34-30-26-22-18-14-10-6-2)74-75(85-72(80)66-62-58-54-50-46-40-36-32-28-24-20-16-12-8-4)76(77(82)87-74)86-73(81)67-63-59-55-51-47-43-39-35-31-27-23-19-15-11-7-3/h69,74H,5-68H2,1-4H3. The number of rotatable bonds is 69. The lowest BCUT2D eigenvalue weighted by Gasteiger charge is -2.24. The molecule has 0 saturated carbocycles. The van der Waals surface area contributed by atoms with E-state index < -0.39 is 54.4 Å². The first-order chi connectivity index (χ1) is 42.8. The van der Waals surface area contributed by atoms with Gasteiger partial charge in [-0.15, -0.1) is 0 Å². The molecule has 2 unspecified atom stereocenters. The Bertz CT molecular complexity index is 1610. The molecule has 2 atom stereocenters. The van der Waals surface area contributed by atoms with Crippen molar-refractivity contribution in [3.63, 3.8) is 0 Å². The highest BCUT2D eigenvalue weighted by Gasteiger charge is 2.46. The summed E-state index contributed by atoms with van der Waals surface area (Å²) in [4.78, 5) is 67.8. The predicted octanol–water partition coefficient (Wildman–Crippen LogP) is 24.3. The number of ether oxygens (including phenoxy) is 5. The van der Waals surface area contributed by atoms with E-state index in [1.807, 2.05) is 0 Å². The molecule has 0 aromatic carbocycles. The third kappa shape index (κ3) is 53.5. The molecule has 0 amide bonds. The number of carbonyl (C=O) groups excluding carboxylic acids is 5. The van der Waals surface area contributed by atoms with Crippen molar-refractivity contribution in [2.75, 3.05) is 6.61 Å². The molecule has 0 aliphatic carbocycles. The maximum atomic E-state index is 13.8. The summed E-state index contributed by atoms with van der Waals surface area (Å²) in [6, 6.07) is 0. The number of esters is 5. The normalized spacial score (nSPS) is 13.6. The van der Waals surface area contributed by atoms with Crippen molar-refractivity contribution in [3.8, 4) is 0 Å². The summed E-state index contributed by atoms with van der Waals surface area (Å²) in [6.07, 6.45) is 68.9. The first-order valence-corrected chi connectivity index (χ1v) is 38.5. The summed E-state index contributed by atoms with van der Waals surface area (Å²) >= 11 is 0. The average molecular weight is 1230 g/mol. The van der Waals surface area contributed by atoms with Crippen molar-refractivity contribution in [1.29, 1.82) is 0 Å². The number of carbonyl (C=O) groups is 5. The molecule has 87 heavy (non-hydrogen) atoms. The number of unbranched alkanes of at least 4 members (excludes halogenated alkanes) is 55. The SMILES string of the molecule is CCCCCCCCCCCCCCCCCC(=O)OCC(OC(=O)CCCCCCCCCCCCCCCCC)C1OC(=O)C(OC(=O)CCCCCCCCCCCCCCCCC)=C1OC(=O)CCCCCCCCCCCCCCCC. The van der Waals surface area contributed by atoms with E-state index >= 15 is 0 Å². The van der Waals surface area contributed by atoms with E-state index in [1.165, 1.54) is 276 Å². The van der Waals surface area contributed by atoms with Gasteiger partial charge in [0.05, 0.1) is 0 Å². The van der Waals surface area contributed by atoms with Gasteiger partial charge in [-0.3, -0.25) is 19.2 Å². The lowest BCUT2D eigenvalue weighted by molar-refractivity contribution is -0.172. The van der Waals surface area contributed by atoms with Crippen molar-refractivity contribution in [2.45, 2.75) is 444 Å². The van der Waals surface area contributed by atoms with Gasteiger partial charge in [0, 0.05) is 25.7 Å². The zero-order valence-electron chi connectivity index (χ0n) is 58.0. The van der Waals surface area contributed by atoms with Crippen LogP contribution in [0.4, 0.5) is 0 Å². The largest absolute Gasteiger partial charge is 0.462 e. The van der Waals surface area contributed by atoms with Crippen LogP contribution >= 0.6 is 0 Å². The molecule has 0 radical (unpaired) electrons. The van der Waals surface area contributed by atoms with Gasteiger partial charge in [0.15, 0.2) is 6.10 Å². The van der Waals surface area contributed by atoms with E-state index in [9.17, 15) is 24.0 Å². The van der Waals surface area contributed by atoms with Crippen molar-refractivity contribution in [2.24, 2.45) is 0 Å². The molecule has 0 spiro atoms. The van der Waals surface area contributed by atoms with E-state index in [1.54, 1.807) is 0 Å². The smallest absolute Gasteiger partial charge is 0.379 e. The molecule has 1 aliphatic heterocycles. The third-order valence-corrected chi connectivity index (χ3v) is 18.1. The molecule has 1 aliphatic rings. The lowest BCUT2D eigenvalue weighted by atomic mass is 10.0. The summed E-state index contributed by atoms with van der Waals surface area (Å²) in [5.41, 5.74) is 0. The lowest BCUT2D eigenvalue weighted by Crippen LogP contribution is -2.38. The summed E-state index contributed by atoms with van der Waals surface area (Å²) in [5.74, 6) is -3.91. The summed E-state index contributed by atoms with van der Waals surface area (Å²) in [6.45, 7) is 8.65.